The molecular formula is C25H28N4O4. The molecular weight excluding hydrogens is 420 g/mol. The van der Waals surface area contributed by atoms with E-state index in [0.29, 0.717) is 17.9 Å². The SMILES string of the molecule is CC(C)Oc1cc2nc(C34COC(C)(C3)C4)cn2cc1C(=O)Nc1cccn(C2CC2)c1=O. The molecule has 0 spiro atoms. The second-order valence-electron chi connectivity index (χ2n) is 10.3. The van der Waals surface area contributed by atoms with E-state index in [9.17, 15) is 9.59 Å². The van der Waals surface area contributed by atoms with Crippen molar-refractivity contribution in [3.63, 3.8) is 0 Å². The summed E-state index contributed by atoms with van der Waals surface area (Å²) in [7, 11) is 0. The third-order valence-electron chi connectivity index (χ3n) is 6.99. The molecule has 172 valence electrons. The van der Waals surface area contributed by atoms with E-state index in [1.165, 1.54) is 0 Å². The van der Waals surface area contributed by atoms with E-state index in [2.05, 4.69) is 12.2 Å². The first-order valence-electron chi connectivity index (χ1n) is 11.6. The van der Waals surface area contributed by atoms with Gasteiger partial charge in [0.15, 0.2) is 0 Å². The Balaban J connectivity index is 1.36. The molecule has 1 N–H and O–H groups in total. The fourth-order valence-corrected chi connectivity index (χ4v) is 5.38. The lowest BCUT2D eigenvalue weighted by Crippen LogP contribution is -2.45. The maximum atomic E-state index is 13.3. The van der Waals surface area contributed by atoms with Gasteiger partial charge in [-0.3, -0.25) is 9.59 Å². The normalized spacial score (nSPS) is 25.9. The van der Waals surface area contributed by atoms with Gasteiger partial charge in [-0.25, -0.2) is 4.98 Å². The number of imidazole rings is 1. The molecule has 0 unspecified atom stereocenters. The molecule has 2 bridgehead atoms. The Kier molecular flexibility index (Phi) is 4.30. The highest BCUT2D eigenvalue weighted by molar-refractivity contribution is 6.06. The Morgan fingerprint density at radius 3 is 2.76 bits per heavy atom. The molecule has 8 heteroatoms. The van der Waals surface area contributed by atoms with Crippen molar-refractivity contribution in [3.8, 4) is 5.75 Å². The summed E-state index contributed by atoms with van der Waals surface area (Å²) in [5, 5.41) is 2.80. The van der Waals surface area contributed by atoms with Gasteiger partial charge in [-0.05, 0) is 58.6 Å². The fraction of sp³-hybridized carbons (Fsp3) is 0.480. The van der Waals surface area contributed by atoms with Crippen LogP contribution in [0.25, 0.3) is 5.65 Å². The summed E-state index contributed by atoms with van der Waals surface area (Å²) in [6.07, 6.45) is 9.31. The molecule has 33 heavy (non-hydrogen) atoms. The number of pyridine rings is 2. The van der Waals surface area contributed by atoms with Crippen molar-refractivity contribution < 1.29 is 14.3 Å². The van der Waals surface area contributed by atoms with Crippen LogP contribution < -0.4 is 15.6 Å². The van der Waals surface area contributed by atoms with Gasteiger partial charge in [0.2, 0.25) is 0 Å². The molecule has 1 amide bonds. The molecule has 2 aliphatic heterocycles. The van der Waals surface area contributed by atoms with E-state index < -0.39 is 0 Å². The van der Waals surface area contributed by atoms with Gasteiger partial charge in [0.25, 0.3) is 11.5 Å². The van der Waals surface area contributed by atoms with Crippen molar-refractivity contribution in [1.82, 2.24) is 14.0 Å². The van der Waals surface area contributed by atoms with E-state index in [4.69, 9.17) is 14.5 Å². The molecule has 0 aromatic carbocycles. The van der Waals surface area contributed by atoms with Crippen LogP contribution in [0, 0.1) is 0 Å². The summed E-state index contributed by atoms with van der Waals surface area (Å²) >= 11 is 0. The van der Waals surface area contributed by atoms with E-state index in [0.717, 1.165) is 37.0 Å². The van der Waals surface area contributed by atoms with Gasteiger partial charge in [-0.15, -0.1) is 0 Å². The van der Waals surface area contributed by atoms with Crippen molar-refractivity contribution in [2.75, 3.05) is 11.9 Å². The quantitative estimate of drug-likeness (QED) is 0.622. The number of nitrogens with one attached hydrogen (secondary N) is 1. The maximum Gasteiger partial charge on any atom is 0.274 e. The second kappa shape index (κ2) is 6.93. The second-order valence-corrected chi connectivity index (χ2v) is 10.3. The van der Waals surface area contributed by atoms with Crippen molar-refractivity contribution in [1.29, 1.82) is 0 Å². The predicted octanol–water partition coefficient (Wildman–Crippen LogP) is 3.69. The van der Waals surface area contributed by atoms with Crippen molar-refractivity contribution in [3.05, 3.63) is 58.4 Å². The monoisotopic (exact) mass is 448 g/mol. The Bertz CT molecular complexity index is 1330. The van der Waals surface area contributed by atoms with Gasteiger partial charge in [-0.2, -0.15) is 0 Å². The van der Waals surface area contributed by atoms with Gasteiger partial charge in [-0.1, -0.05) is 0 Å². The van der Waals surface area contributed by atoms with Crippen molar-refractivity contribution in [2.45, 2.75) is 69.6 Å². The van der Waals surface area contributed by atoms with Crippen LogP contribution in [0.5, 0.6) is 5.75 Å². The first kappa shape index (κ1) is 20.5. The first-order chi connectivity index (χ1) is 15.8. The zero-order valence-electron chi connectivity index (χ0n) is 19.1. The summed E-state index contributed by atoms with van der Waals surface area (Å²) in [6.45, 7) is 6.65. The van der Waals surface area contributed by atoms with Gasteiger partial charge in [0.1, 0.15) is 17.1 Å². The van der Waals surface area contributed by atoms with E-state index in [1.54, 1.807) is 35.2 Å². The summed E-state index contributed by atoms with van der Waals surface area (Å²) in [5.74, 6) is 0.0660. The summed E-state index contributed by atoms with van der Waals surface area (Å²) in [6, 6.07) is 5.47. The summed E-state index contributed by atoms with van der Waals surface area (Å²) in [5.41, 5.74) is 2.09. The van der Waals surface area contributed by atoms with Crippen LogP contribution in [-0.2, 0) is 10.2 Å². The molecule has 4 fully saturated rings. The van der Waals surface area contributed by atoms with Gasteiger partial charge < -0.3 is 23.8 Å². The van der Waals surface area contributed by atoms with Crippen LogP contribution in [0.1, 0.15) is 68.5 Å². The average Bonchev–Trinajstić information content (AvgIpc) is 3.28. The predicted molar refractivity (Wildman–Crippen MR) is 123 cm³/mol. The van der Waals surface area contributed by atoms with E-state index in [-0.39, 0.29) is 40.3 Å². The lowest BCUT2D eigenvalue weighted by molar-refractivity contribution is 0.0154. The summed E-state index contributed by atoms with van der Waals surface area (Å²) in [4.78, 5) is 30.9. The van der Waals surface area contributed by atoms with E-state index >= 15 is 0 Å². The van der Waals surface area contributed by atoms with Crippen LogP contribution in [0.15, 0.2) is 41.6 Å². The van der Waals surface area contributed by atoms with Crippen molar-refractivity contribution in [2.24, 2.45) is 0 Å². The van der Waals surface area contributed by atoms with Crippen molar-refractivity contribution >= 4 is 17.2 Å². The molecule has 2 aliphatic carbocycles. The number of aromatic nitrogens is 3. The minimum Gasteiger partial charge on any atom is -0.490 e. The number of hydrogen-bond donors (Lipinski definition) is 1. The Morgan fingerprint density at radius 1 is 1.30 bits per heavy atom. The molecule has 5 heterocycles. The number of rotatable bonds is 6. The van der Waals surface area contributed by atoms with Crippen LogP contribution in [0.4, 0.5) is 5.69 Å². The number of ether oxygens (including phenoxy) is 2. The molecule has 3 aromatic rings. The average molecular weight is 449 g/mol. The maximum absolute atomic E-state index is 13.3. The Hall–Kier alpha value is -3.13. The molecule has 3 aromatic heterocycles. The highest BCUT2D eigenvalue weighted by Gasteiger charge is 2.61. The number of amides is 1. The zero-order valence-corrected chi connectivity index (χ0v) is 19.1. The lowest BCUT2D eigenvalue weighted by atomic mass is 9.62. The van der Waals surface area contributed by atoms with Crippen LogP contribution >= 0.6 is 0 Å². The Labute approximate surface area is 191 Å². The molecule has 0 atom stereocenters. The van der Waals surface area contributed by atoms with E-state index in [1.807, 2.05) is 24.4 Å². The fourth-order valence-electron chi connectivity index (χ4n) is 5.38. The minimum atomic E-state index is -0.382. The smallest absolute Gasteiger partial charge is 0.274 e. The summed E-state index contributed by atoms with van der Waals surface area (Å²) < 4.78 is 15.5. The molecule has 0 radical (unpaired) electrons. The Morgan fingerprint density at radius 2 is 2.09 bits per heavy atom. The third-order valence-corrected chi connectivity index (χ3v) is 6.99. The lowest BCUT2D eigenvalue weighted by Gasteiger charge is -2.41. The number of nitrogens with zero attached hydrogens (tertiary/aromatic N) is 3. The van der Waals surface area contributed by atoms with Crippen LogP contribution in [0.3, 0.4) is 0 Å². The minimum absolute atomic E-state index is 0.0319. The number of fused-ring (bicyclic) bond motifs is 2. The highest BCUT2D eigenvalue weighted by Crippen LogP contribution is 2.58. The molecule has 2 saturated carbocycles. The number of anilines is 1. The number of hydrogen-bond acceptors (Lipinski definition) is 5. The molecule has 7 rings (SSSR count). The topological polar surface area (TPSA) is 86.9 Å². The zero-order chi connectivity index (χ0) is 23.0. The standard InChI is InChI=1S/C25H28N4O4/c1-15(2)33-19-9-21-27-20(25-12-24(3,13-25)32-14-25)11-28(21)10-17(19)22(30)26-18-5-4-8-29(23(18)31)16-6-7-16/h4-5,8-11,15-16H,6-7,12-14H2,1-3H3,(H,26,30). The highest BCUT2D eigenvalue weighted by atomic mass is 16.5. The first-order valence-corrected chi connectivity index (χ1v) is 11.6. The molecule has 4 aliphatic rings. The van der Waals surface area contributed by atoms with Crippen LogP contribution in [-0.4, -0.2) is 38.2 Å². The van der Waals surface area contributed by atoms with Gasteiger partial charge in [0, 0.05) is 36.1 Å². The van der Waals surface area contributed by atoms with Crippen LogP contribution in [0.2, 0.25) is 0 Å². The van der Waals surface area contributed by atoms with Gasteiger partial charge >= 0.3 is 0 Å². The number of carbonyl (C=O) groups is 1. The third kappa shape index (κ3) is 3.35. The molecule has 8 nitrogen and oxygen atoms in total. The number of carbonyl (C=O) groups excluding carboxylic acids is 1. The largest absolute Gasteiger partial charge is 0.490 e. The van der Waals surface area contributed by atoms with Gasteiger partial charge in [0.05, 0.1) is 29.6 Å². The molecule has 2 saturated heterocycles.